The Morgan fingerprint density at radius 2 is 2.27 bits per heavy atom. The Kier molecular flexibility index (Phi) is 5.18. The summed E-state index contributed by atoms with van der Waals surface area (Å²) in [5.41, 5.74) is 0.517. The summed E-state index contributed by atoms with van der Waals surface area (Å²) in [6.07, 6.45) is 2.49. The van der Waals surface area contributed by atoms with Crippen LogP contribution in [0.5, 0.6) is 0 Å². The summed E-state index contributed by atoms with van der Waals surface area (Å²) in [6.45, 7) is 3.87. The van der Waals surface area contributed by atoms with Gasteiger partial charge in [0.2, 0.25) is 0 Å². The van der Waals surface area contributed by atoms with Crippen LogP contribution in [0.4, 0.5) is 0 Å². The van der Waals surface area contributed by atoms with Gasteiger partial charge in [-0.25, -0.2) is 0 Å². The van der Waals surface area contributed by atoms with Crippen molar-refractivity contribution < 1.29 is 9.66 Å². The molecule has 1 atom stereocenters. The van der Waals surface area contributed by atoms with Gasteiger partial charge in [-0.3, -0.25) is 10.1 Å². The second-order valence-electron chi connectivity index (χ2n) is 2.92. The van der Waals surface area contributed by atoms with Crippen LogP contribution in [0.2, 0.25) is 0 Å². The highest BCUT2D eigenvalue weighted by Crippen LogP contribution is 2.18. The van der Waals surface area contributed by atoms with Crippen molar-refractivity contribution in [1.29, 1.82) is 5.41 Å². The zero-order valence-electron chi connectivity index (χ0n) is 8.52. The SMILES string of the molecule is CCOC1C=CC([N+](=O)[O-])=C(C)C1=N.Cl. The summed E-state index contributed by atoms with van der Waals surface area (Å²) in [6, 6.07) is 0. The molecule has 0 amide bonds. The van der Waals surface area contributed by atoms with Crippen LogP contribution in [-0.4, -0.2) is 23.3 Å². The Morgan fingerprint density at radius 1 is 1.67 bits per heavy atom. The van der Waals surface area contributed by atoms with Crippen LogP contribution in [0.1, 0.15) is 13.8 Å². The van der Waals surface area contributed by atoms with Crippen LogP contribution in [0.25, 0.3) is 0 Å². The van der Waals surface area contributed by atoms with Gasteiger partial charge in [0.15, 0.2) is 0 Å². The highest BCUT2D eigenvalue weighted by Gasteiger charge is 2.25. The highest BCUT2D eigenvalue weighted by atomic mass is 35.5. The third kappa shape index (κ3) is 2.87. The van der Waals surface area contributed by atoms with Crippen molar-refractivity contribution in [3.05, 3.63) is 33.5 Å². The van der Waals surface area contributed by atoms with Gasteiger partial charge in [-0.05, 0) is 19.9 Å². The Morgan fingerprint density at radius 3 is 2.73 bits per heavy atom. The summed E-state index contributed by atoms with van der Waals surface area (Å²) in [5, 5.41) is 18.2. The molecule has 1 unspecified atom stereocenters. The molecule has 0 bridgehead atoms. The summed E-state index contributed by atoms with van der Waals surface area (Å²) < 4.78 is 5.23. The van der Waals surface area contributed by atoms with E-state index in [-0.39, 0.29) is 23.8 Å². The Labute approximate surface area is 93.9 Å². The van der Waals surface area contributed by atoms with Crippen molar-refractivity contribution in [1.82, 2.24) is 0 Å². The van der Waals surface area contributed by atoms with E-state index in [1.54, 1.807) is 6.92 Å². The van der Waals surface area contributed by atoms with Gasteiger partial charge in [-0.15, -0.1) is 12.4 Å². The molecule has 84 valence electrons. The number of hydrogen-bond donors (Lipinski definition) is 1. The second-order valence-corrected chi connectivity index (χ2v) is 2.92. The molecule has 0 saturated carbocycles. The third-order valence-corrected chi connectivity index (χ3v) is 2.04. The number of hydrogen-bond acceptors (Lipinski definition) is 4. The molecular formula is C9H13ClN2O3. The predicted octanol–water partition coefficient (Wildman–Crippen LogP) is 1.95. The lowest BCUT2D eigenvalue weighted by atomic mass is 9.99. The number of halogens is 1. The van der Waals surface area contributed by atoms with Crippen LogP contribution in [0.3, 0.4) is 0 Å². The summed E-state index contributed by atoms with van der Waals surface area (Å²) >= 11 is 0. The molecule has 0 aromatic rings. The molecule has 1 rings (SSSR count). The molecule has 0 aromatic carbocycles. The fraction of sp³-hybridized carbons (Fsp3) is 0.444. The van der Waals surface area contributed by atoms with Crippen LogP contribution < -0.4 is 0 Å². The maximum absolute atomic E-state index is 10.5. The number of rotatable bonds is 3. The molecule has 0 aromatic heterocycles. The zero-order valence-corrected chi connectivity index (χ0v) is 9.34. The number of ether oxygens (including phenoxy) is 1. The number of allylic oxidation sites excluding steroid dienone is 1. The van der Waals surface area contributed by atoms with E-state index in [0.29, 0.717) is 12.2 Å². The second kappa shape index (κ2) is 5.63. The molecule has 6 heteroatoms. The van der Waals surface area contributed by atoms with Crippen molar-refractivity contribution in [3.8, 4) is 0 Å². The smallest absolute Gasteiger partial charge is 0.274 e. The Balaban J connectivity index is 0.00000196. The largest absolute Gasteiger partial charge is 0.368 e. The van der Waals surface area contributed by atoms with E-state index in [4.69, 9.17) is 10.1 Å². The van der Waals surface area contributed by atoms with Gasteiger partial charge in [-0.1, -0.05) is 0 Å². The van der Waals surface area contributed by atoms with Crippen LogP contribution in [0, 0.1) is 15.5 Å². The minimum Gasteiger partial charge on any atom is -0.368 e. The summed E-state index contributed by atoms with van der Waals surface area (Å²) in [4.78, 5) is 10.1. The molecule has 1 N–H and O–H groups in total. The van der Waals surface area contributed by atoms with Crippen molar-refractivity contribution in [2.75, 3.05) is 6.61 Å². The van der Waals surface area contributed by atoms with E-state index in [1.807, 2.05) is 6.92 Å². The Bertz CT molecular complexity index is 336. The van der Waals surface area contributed by atoms with E-state index in [9.17, 15) is 10.1 Å². The van der Waals surface area contributed by atoms with Crippen molar-refractivity contribution in [2.24, 2.45) is 0 Å². The minimum atomic E-state index is -0.484. The first-order valence-electron chi connectivity index (χ1n) is 4.31. The molecule has 0 heterocycles. The average Bonchev–Trinajstić information content (AvgIpc) is 2.13. The lowest BCUT2D eigenvalue weighted by molar-refractivity contribution is -0.419. The molecular weight excluding hydrogens is 220 g/mol. The predicted molar refractivity (Wildman–Crippen MR) is 59.2 cm³/mol. The monoisotopic (exact) mass is 232 g/mol. The average molecular weight is 233 g/mol. The molecule has 0 fully saturated rings. The van der Waals surface area contributed by atoms with Gasteiger partial charge in [0, 0.05) is 12.7 Å². The van der Waals surface area contributed by atoms with Crippen LogP contribution in [0.15, 0.2) is 23.4 Å². The van der Waals surface area contributed by atoms with Crippen LogP contribution in [-0.2, 0) is 4.74 Å². The fourth-order valence-electron chi connectivity index (χ4n) is 1.27. The standard InChI is InChI=1S/C9H12N2O3.ClH/c1-3-14-8-5-4-7(11(12)13)6(2)9(8)10;/h4-5,8,10H,3H2,1-2H3;1H. The first kappa shape index (κ1) is 13.8. The molecule has 0 aliphatic heterocycles. The maximum Gasteiger partial charge on any atom is 0.274 e. The molecule has 1 aliphatic rings. The maximum atomic E-state index is 10.5. The minimum absolute atomic E-state index is 0. The van der Waals surface area contributed by atoms with Crippen molar-refractivity contribution >= 4 is 18.1 Å². The lowest BCUT2D eigenvalue weighted by Gasteiger charge is -2.17. The molecule has 0 spiro atoms. The van der Waals surface area contributed by atoms with E-state index >= 15 is 0 Å². The molecule has 1 aliphatic carbocycles. The fourth-order valence-corrected chi connectivity index (χ4v) is 1.27. The van der Waals surface area contributed by atoms with Crippen molar-refractivity contribution in [3.63, 3.8) is 0 Å². The van der Waals surface area contributed by atoms with Gasteiger partial charge in [-0.2, -0.15) is 0 Å². The summed E-state index contributed by atoms with van der Waals surface area (Å²) in [7, 11) is 0. The van der Waals surface area contributed by atoms with Gasteiger partial charge in [0.25, 0.3) is 5.70 Å². The molecule has 5 nitrogen and oxygen atoms in total. The van der Waals surface area contributed by atoms with E-state index in [1.165, 1.54) is 12.2 Å². The lowest BCUT2D eigenvalue weighted by Crippen LogP contribution is -2.27. The normalized spacial score (nSPS) is 20.1. The highest BCUT2D eigenvalue weighted by molar-refractivity contribution is 6.03. The van der Waals surface area contributed by atoms with E-state index in [2.05, 4.69) is 0 Å². The topological polar surface area (TPSA) is 76.2 Å². The Hall–Kier alpha value is -1.20. The number of nitro groups is 1. The first-order valence-corrected chi connectivity index (χ1v) is 4.31. The molecule has 0 radical (unpaired) electrons. The van der Waals surface area contributed by atoms with Gasteiger partial charge in [0.05, 0.1) is 16.2 Å². The van der Waals surface area contributed by atoms with Gasteiger partial charge < -0.3 is 10.1 Å². The van der Waals surface area contributed by atoms with E-state index < -0.39 is 11.0 Å². The van der Waals surface area contributed by atoms with Crippen molar-refractivity contribution in [2.45, 2.75) is 20.0 Å². The van der Waals surface area contributed by atoms with E-state index in [0.717, 1.165) is 0 Å². The molecule has 0 saturated heterocycles. The van der Waals surface area contributed by atoms with Gasteiger partial charge >= 0.3 is 0 Å². The quantitative estimate of drug-likeness (QED) is 0.597. The third-order valence-electron chi connectivity index (χ3n) is 2.04. The van der Waals surface area contributed by atoms with Gasteiger partial charge in [0.1, 0.15) is 6.10 Å². The zero-order chi connectivity index (χ0) is 10.7. The number of nitrogens with one attached hydrogen (secondary N) is 1. The number of nitrogens with zero attached hydrogens (tertiary/aromatic N) is 1. The first-order chi connectivity index (χ1) is 6.57. The molecule has 15 heavy (non-hydrogen) atoms. The van der Waals surface area contributed by atoms with Crippen LogP contribution >= 0.6 is 12.4 Å². The summed E-state index contributed by atoms with van der Waals surface area (Å²) in [5.74, 6) is 0.